The minimum absolute atomic E-state index is 0.275. The normalized spacial score (nSPS) is 16.6. The van der Waals surface area contributed by atoms with Gasteiger partial charge in [0.05, 0.1) is 7.11 Å². The Morgan fingerprint density at radius 1 is 1.59 bits per heavy atom. The Labute approximate surface area is 105 Å². The SMILES string of the molecule is COc1cccc(Cl)c1C(NC1CC1)C(=O)O. The van der Waals surface area contributed by atoms with E-state index in [1.54, 1.807) is 18.2 Å². The van der Waals surface area contributed by atoms with Gasteiger partial charge in [-0.1, -0.05) is 17.7 Å². The molecule has 0 aliphatic heterocycles. The lowest BCUT2D eigenvalue weighted by molar-refractivity contribution is -0.139. The summed E-state index contributed by atoms with van der Waals surface area (Å²) in [5, 5.41) is 12.7. The van der Waals surface area contributed by atoms with Crippen molar-refractivity contribution in [1.82, 2.24) is 5.32 Å². The zero-order valence-electron chi connectivity index (χ0n) is 9.44. The molecule has 0 spiro atoms. The summed E-state index contributed by atoms with van der Waals surface area (Å²) >= 11 is 6.07. The molecule has 2 rings (SSSR count). The number of carboxylic acid groups (broad SMARTS) is 1. The molecule has 1 atom stereocenters. The van der Waals surface area contributed by atoms with E-state index in [2.05, 4.69) is 5.32 Å². The fourth-order valence-corrected chi connectivity index (χ4v) is 2.01. The van der Waals surface area contributed by atoms with Crippen LogP contribution < -0.4 is 10.1 Å². The fourth-order valence-electron chi connectivity index (χ4n) is 1.74. The molecule has 1 aliphatic rings. The number of ether oxygens (including phenoxy) is 1. The Morgan fingerprint density at radius 2 is 2.29 bits per heavy atom. The van der Waals surface area contributed by atoms with Gasteiger partial charge in [0.15, 0.2) is 0 Å². The van der Waals surface area contributed by atoms with E-state index in [-0.39, 0.29) is 6.04 Å². The third-order valence-electron chi connectivity index (χ3n) is 2.75. The molecular weight excluding hydrogens is 242 g/mol. The van der Waals surface area contributed by atoms with Gasteiger partial charge in [0, 0.05) is 16.6 Å². The van der Waals surface area contributed by atoms with Crippen LogP contribution in [0.25, 0.3) is 0 Å². The second-order valence-electron chi connectivity index (χ2n) is 4.07. The topological polar surface area (TPSA) is 58.6 Å². The van der Waals surface area contributed by atoms with Crippen LogP contribution in [0.2, 0.25) is 5.02 Å². The highest BCUT2D eigenvalue weighted by Gasteiger charge is 2.32. The van der Waals surface area contributed by atoms with Gasteiger partial charge in [0.2, 0.25) is 0 Å². The molecular formula is C12H14ClNO3. The van der Waals surface area contributed by atoms with E-state index in [1.807, 2.05) is 0 Å². The van der Waals surface area contributed by atoms with Crippen LogP contribution in [-0.2, 0) is 4.79 Å². The monoisotopic (exact) mass is 255 g/mol. The van der Waals surface area contributed by atoms with Crippen molar-refractivity contribution in [2.45, 2.75) is 24.9 Å². The molecule has 1 unspecified atom stereocenters. The van der Waals surface area contributed by atoms with Crippen LogP contribution in [0.4, 0.5) is 0 Å². The highest BCUT2D eigenvalue weighted by molar-refractivity contribution is 6.31. The van der Waals surface area contributed by atoms with Gasteiger partial charge in [-0.15, -0.1) is 0 Å². The van der Waals surface area contributed by atoms with Gasteiger partial charge in [-0.3, -0.25) is 10.1 Å². The van der Waals surface area contributed by atoms with Gasteiger partial charge in [0.1, 0.15) is 11.8 Å². The largest absolute Gasteiger partial charge is 0.496 e. The maximum absolute atomic E-state index is 11.3. The lowest BCUT2D eigenvalue weighted by Crippen LogP contribution is -2.30. The van der Waals surface area contributed by atoms with Crippen LogP contribution in [0.3, 0.4) is 0 Å². The van der Waals surface area contributed by atoms with E-state index in [0.717, 1.165) is 12.8 Å². The zero-order valence-corrected chi connectivity index (χ0v) is 10.2. The Hall–Kier alpha value is -1.26. The van der Waals surface area contributed by atoms with Crippen molar-refractivity contribution in [3.63, 3.8) is 0 Å². The second kappa shape index (κ2) is 4.94. The number of aliphatic carboxylic acids is 1. The van der Waals surface area contributed by atoms with E-state index in [0.29, 0.717) is 16.3 Å². The molecule has 1 aromatic rings. The first-order valence-corrected chi connectivity index (χ1v) is 5.82. The maximum atomic E-state index is 11.3. The van der Waals surface area contributed by atoms with Crippen LogP contribution in [0.1, 0.15) is 24.4 Å². The number of carbonyl (C=O) groups is 1. The van der Waals surface area contributed by atoms with Crippen molar-refractivity contribution < 1.29 is 14.6 Å². The molecule has 5 heteroatoms. The number of nitrogens with one attached hydrogen (secondary N) is 1. The number of rotatable bonds is 5. The van der Waals surface area contributed by atoms with Crippen LogP contribution in [0, 0.1) is 0 Å². The van der Waals surface area contributed by atoms with Gasteiger partial charge in [-0.2, -0.15) is 0 Å². The summed E-state index contributed by atoms with van der Waals surface area (Å²) in [4.78, 5) is 11.3. The molecule has 0 heterocycles. The Morgan fingerprint density at radius 3 is 2.82 bits per heavy atom. The van der Waals surface area contributed by atoms with Crippen molar-refractivity contribution in [3.05, 3.63) is 28.8 Å². The lowest BCUT2D eigenvalue weighted by Gasteiger charge is -2.18. The van der Waals surface area contributed by atoms with Crippen LogP contribution in [0.15, 0.2) is 18.2 Å². The quantitative estimate of drug-likeness (QED) is 0.847. The molecule has 4 nitrogen and oxygen atoms in total. The second-order valence-corrected chi connectivity index (χ2v) is 4.48. The standard InChI is InChI=1S/C12H14ClNO3/c1-17-9-4-2-3-8(13)10(9)11(12(15)16)14-7-5-6-7/h2-4,7,11,14H,5-6H2,1H3,(H,15,16). The fraction of sp³-hybridized carbons (Fsp3) is 0.417. The lowest BCUT2D eigenvalue weighted by atomic mass is 10.1. The molecule has 92 valence electrons. The summed E-state index contributed by atoms with van der Waals surface area (Å²) in [5.74, 6) is -0.443. The van der Waals surface area contributed by atoms with Crippen LogP contribution >= 0.6 is 11.6 Å². The number of hydrogen-bond acceptors (Lipinski definition) is 3. The average molecular weight is 256 g/mol. The minimum Gasteiger partial charge on any atom is -0.496 e. The van der Waals surface area contributed by atoms with Gasteiger partial charge < -0.3 is 9.84 Å². The average Bonchev–Trinajstić information content (AvgIpc) is 3.09. The van der Waals surface area contributed by atoms with E-state index in [4.69, 9.17) is 16.3 Å². The maximum Gasteiger partial charge on any atom is 0.325 e. The van der Waals surface area contributed by atoms with E-state index >= 15 is 0 Å². The summed E-state index contributed by atoms with van der Waals surface area (Å²) in [6.45, 7) is 0. The Balaban J connectivity index is 2.36. The van der Waals surface area contributed by atoms with Crippen molar-refractivity contribution in [3.8, 4) is 5.75 Å². The van der Waals surface area contributed by atoms with E-state index in [1.165, 1.54) is 7.11 Å². The number of methoxy groups -OCH3 is 1. The number of hydrogen-bond donors (Lipinski definition) is 2. The summed E-state index contributed by atoms with van der Waals surface area (Å²) in [6.07, 6.45) is 2.02. The number of benzene rings is 1. The van der Waals surface area contributed by atoms with Gasteiger partial charge >= 0.3 is 5.97 Å². The zero-order chi connectivity index (χ0) is 12.4. The minimum atomic E-state index is -0.941. The summed E-state index contributed by atoms with van der Waals surface area (Å²) < 4.78 is 5.17. The first kappa shape index (κ1) is 12.2. The summed E-state index contributed by atoms with van der Waals surface area (Å²) in [5.41, 5.74) is 0.496. The Kier molecular flexibility index (Phi) is 3.54. The molecule has 0 radical (unpaired) electrons. The first-order chi connectivity index (χ1) is 8.13. The van der Waals surface area contributed by atoms with Gasteiger partial charge in [-0.05, 0) is 25.0 Å². The van der Waals surface area contributed by atoms with Crippen LogP contribution in [-0.4, -0.2) is 24.2 Å². The molecule has 0 saturated heterocycles. The Bertz CT molecular complexity index is 432. The molecule has 0 aromatic heterocycles. The summed E-state index contributed by atoms with van der Waals surface area (Å²) in [7, 11) is 1.51. The summed E-state index contributed by atoms with van der Waals surface area (Å²) in [6, 6.07) is 4.58. The number of carboxylic acids is 1. The third kappa shape index (κ3) is 2.70. The number of halogens is 1. The third-order valence-corrected chi connectivity index (χ3v) is 3.08. The molecule has 0 bridgehead atoms. The molecule has 1 aliphatic carbocycles. The van der Waals surface area contributed by atoms with E-state index < -0.39 is 12.0 Å². The van der Waals surface area contributed by atoms with E-state index in [9.17, 15) is 9.90 Å². The van der Waals surface area contributed by atoms with Crippen molar-refractivity contribution in [2.24, 2.45) is 0 Å². The van der Waals surface area contributed by atoms with Crippen molar-refractivity contribution in [1.29, 1.82) is 0 Å². The highest BCUT2D eigenvalue weighted by Crippen LogP contribution is 2.34. The molecule has 0 amide bonds. The molecule has 1 aromatic carbocycles. The molecule has 2 N–H and O–H groups in total. The first-order valence-electron chi connectivity index (χ1n) is 5.44. The van der Waals surface area contributed by atoms with Gasteiger partial charge in [0.25, 0.3) is 0 Å². The van der Waals surface area contributed by atoms with Gasteiger partial charge in [-0.25, -0.2) is 0 Å². The predicted octanol–water partition coefficient (Wildman–Crippen LogP) is 2.23. The molecule has 17 heavy (non-hydrogen) atoms. The molecule has 1 fully saturated rings. The van der Waals surface area contributed by atoms with Crippen molar-refractivity contribution >= 4 is 17.6 Å². The predicted molar refractivity (Wildman–Crippen MR) is 64.5 cm³/mol. The smallest absolute Gasteiger partial charge is 0.325 e. The molecule has 1 saturated carbocycles. The van der Waals surface area contributed by atoms with Crippen molar-refractivity contribution in [2.75, 3.05) is 7.11 Å². The highest BCUT2D eigenvalue weighted by atomic mass is 35.5. The van der Waals surface area contributed by atoms with Crippen LogP contribution in [0.5, 0.6) is 5.75 Å².